The van der Waals surface area contributed by atoms with Gasteiger partial charge in [0.05, 0.1) is 0 Å². The number of hydrogen-bond donors (Lipinski definition) is 2. The molecule has 0 aliphatic heterocycles. The van der Waals surface area contributed by atoms with Crippen LogP contribution in [0.4, 0.5) is 0 Å². The van der Waals surface area contributed by atoms with Crippen molar-refractivity contribution in [2.45, 2.75) is 51.6 Å². The number of nitrogens with zero attached hydrogens (tertiary/aromatic N) is 1. The van der Waals surface area contributed by atoms with E-state index < -0.39 is 0 Å². The van der Waals surface area contributed by atoms with Crippen LogP contribution >= 0.6 is 0 Å². The van der Waals surface area contributed by atoms with Crippen LogP contribution in [0.2, 0.25) is 0 Å². The summed E-state index contributed by atoms with van der Waals surface area (Å²) < 4.78 is 0. The van der Waals surface area contributed by atoms with Crippen molar-refractivity contribution in [2.24, 2.45) is 11.8 Å². The first-order valence-corrected chi connectivity index (χ1v) is 7.94. The topological polar surface area (TPSA) is 58.4 Å². The Balaban J connectivity index is 1.93. The van der Waals surface area contributed by atoms with Crippen LogP contribution in [0.15, 0.2) is 24.3 Å². The summed E-state index contributed by atoms with van der Waals surface area (Å²) in [5.74, 6) is 5.88. The van der Waals surface area contributed by atoms with E-state index in [9.17, 15) is 4.79 Å². The van der Waals surface area contributed by atoms with Crippen molar-refractivity contribution in [2.75, 3.05) is 7.05 Å². The third-order valence-corrected chi connectivity index (χ3v) is 4.77. The lowest BCUT2D eigenvalue weighted by Crippen LogP contribution is -2.34. The molecule has 21 heavy (non-hydrogen) atoms. The molecule has 1 aliphatic rings. The van der Waals surface area contributed by atoms with Gasteiger partial charge in [-0.3, -0.25) is 15.1 Å². The van der Waals surface area contributed by atoms with Crippen molar-refractivity contribution in [3.05, 3.63) is 35.4 Å². The lowest BCUT2D eigenvalue weighted by Gasteiger charge is -2.34. The number of nitrogens with one attached hydrogen (secondary N) is 1. The smallest absolute Gasteiger partial charge is 0.265 e. The van der Waals surface area contributed by atoms with E-state index in [1.165, 1.54) is 32.1 Å². The number of nitrogens with two attached hydrogens (primary N) is 1. The van der Waals surface area contributed by atoms with E-state index in [-0.39, 0.29) is 5.91 Å². The largest absolute Gasteiger partial charge is 0.299 e. The fourth-order valence-electron chi connectivity index (χ4n) is 3.31. The van der Waals surface area contributed by atoms with Gasteiger partial charge in [0, 0.05) is 18.2 Å². The van der Waals surface area contributed by atoms with Crippen LogP contribution < -0.4 is 11.3 Å². The van der Waals surface area contributed by atoms with E-state index in [0.717, 1.165) is 18.0 Å². The number of hydrazine groups is 1. The minimum atomic E-state index is -0.233. The van der Waals surface area contributed by atoms with Gasteiger partial charge in [-0.1, -0.05) is 25.5 Å². The molecule has 4 nitrogen and oxygen atoms in total. The Morgan fingerprint density at radius 2 is 2.05 bits per heavy atom. The number of benzene rings is 1. The zero-order valence-electron chi connectivity index (χ0n) is 13.1. The summed E-state index contributed by atoms with van der Waals surface area (Å²) in [5.41, 5.74) is 3.97. The predicted molar refractivity (Wildman–Crippen MR) is 85.6 cm³/mol. The fourth-order valence-corrected chi connectivity index (χ4v) is 3.31. The van der Waals surface area contributed by atoms with E-state index in [4.69, 9.17) is 5.84 Å². The van der Waals surface area contributed by atoms with Crippen LogP contribution in [0, 0.1) is 5.92 Å². The fraction of sp³-hybridized carbons (Fsp3) is 0.588. The second-order valence-electron chi connectivity index (χ2n) is 6.17. The minimum Gasteiger partial charge on any atom is -0.299 e. The summed E-state index contributed by atoms with van der Waals surface area (Å²) >= 11 is 0. The first-order valence-electron chi connectivity index (χ1n) is 7.94. The molecule has 3 N–H and O–H groups in total. The van der Waals surface area contributed by atoms with E-state index in [1.54, 1.807) is 6.07 Å². The van der Waals surface area contributed by atoms with Crippen molar-refractivity contribution < 1.29 is 4.79 Å². The average molecular weight is 289 g/mol. The van der Waals surface area contributed by atoms with Gasteiger partial charge in [0.15, 0.2) is 0 Å². The number of hydrogen-bond acceptors (Lipinski definition) is 3. The van der Waals surface area contributed by atoms with E-state index >= 15 is 0 Å². The van der Waals surface area contributed by atoms with Gasteiger partial charge in [0.2, 0.25) is 0 Å². The van der Waals surface area contributed by atoms with Crippen molar-refractivity contribution in [3.8, 4) is 0 Å². The van der Waals surface area contributed by atoms with Crippen LogP contribution in [0.3, 0.4) is 0 Å². The van der Waals surface area contributed by atoms with Crippen LogP contribution in [0.5, 0.6) is 0 Å². The third kappa shape index (κ3) is 4.29. The van der Waals surface area contributed by atoms with Gasteiger partial charge in [0.25, 0.3) is 5.91 Å². The molecule has 1 fully saturated rings. The third-order valence-electron chi connectivity index (χ3n) is 4.77. The number of carbonyl (C=O) groups excluding carboxylic acids is 1. The summed E-state index contributed by atoms with van der Waals surface area (Å²) in [6, 6.07) is 8.37. The molecule has 0 bridgehead atoms. The number of rotatable bonds is 5. The monoisotopic (exact) mass is 289 g/mol. The molecule has 0 saturated heterocycles. The summed E-state index contributed by atoms with van der Waals surface area (Å²) in [7, 11) is 2.19. The van der Waals surface area contributed by atoms with E-state index in [1.807, 2.05) is 12.1 Å². The highest BCUT2D eigenvalue weighted by Gasteiger charge is 2.23. The Morgan fingerprint density at radius 1 is 1.33 bits per heavy atom. The zero-order valence-corrected chi connectivity index (χ0v) is 13.1. The first-order chi connectivity index (χ1) is 10.1. The van der Waals surface area contributed by atoms with Gasteiger partial charge in [-0.05, 0) is 56.3 Å². The summed E-state index contributed by atoms with van der Waals surface area (Å²) in [6.45, 7) is 3.18. The van der Waals surface area contributed by atoms with Gasteiger partial charge in [0.1, 0.15) is 0 Å². The Morgan fingerprint density at radius 3 is 2.67 bits per heavy atom. The van der Waals surface area contributed by atoms with E-state index in [0.29, 0.717) is 11.6 Å². The lowest BCUT2D eigenvalue weighted by atomic mass is 9.84. The van der Waals surface area contributed by atoms with Crippen LogP contribution in [-0.2, 0) is 6.54 Å². The van der Waals surface area contributed by atoms with Crippen molar-refractivity contribution in [3.63, 3.8) is 0 Å². The maximum Gasteiger partial charge on any atom is 0.265 e. The zero-order chi connectivity index (χ0) is 15.2. The Bertz CT molecular complexity index is 467. The molecule has 1 saturated carbocycles. The highest BCUT2D eigenvalue weighted by Crippen LogP contribution is 2.29. The number of carbonyl (C=O) groups is 1. The summed E-state index contributed by atoms with van der Waals surface area (Å²) in [6.07, 6.45) is 6.59. The highest BCUT2D eigenvalue weighted by molar-refractivity contribution is 5.93. The van der Waals surface area contributed by atoms with Gasteiger partial charge < -0.3 is 0 Å². The molecule has 1 aromatic carbocycles. The maximum absolute atomic E-state index is 11.6. The standard InChI is InChI=1S/C17H27N3O/c1-3-13-7-9-16(10-8-13)20(2)12-14-5-4-6-15(11-14)17(21)19-18/h4-6,11,13,16H,3,7-10,12,18H2,1-2H3,(H,19,21). The van der Waals surface area contributed by atoms with Crippen molar-refractivity contribution >= 4 is 5.91 Å². The molecule has 4 heteroatoms. The normalized spacial score (nSPS) is 22.3. The molecule has 2 rings (SSSR count). The van der Waals surface area contributed by atoms with Crippen LogP contribution in [0.1, 0.15) is 54.9 Å². The number of nitrogen functional groups attached to an aromatic ring is 1. The summed E-state index contributed by atoms with van der Waals surface area (Å²) in [5, 5.41) is 0. The second-order valence-corrected chi connectivity index (χ2v) is 6.17. The second kappa shape index (κ2) is 7.57. The molecule has 1 aromatic rings. The molecule has 0 radical (unpaired) electrons. The molecule has 0 atom stereocenters. The SMILES string of the molecule is CCC1CCC(N(C)Cc2cccc(C(=O)NN)c2)CC1. The van der Waals surface area contributed by atoms with Gasteiger partial charge in [-0.15, -0.1) is 0 Å². The van der Waals surface area contributed by atoms with Crippen LogP contribution in [-0.4, -0.2) is 23.9 Å². The molecule has 0 heterocycles. The Labute approximate surface area is 127 Å². The minimum absolute atomic E-state index is 0.233. The molecule has 1 aliphatic carbocycles. The Hall–Kier alpha value is -1.39. The summed E-state index contributed by atoms with van der Waals surface area (Å²) in [4.78, 5) is 14.0. The van der Waals surface area contributed by atoms with Gasteiger partial charge in [-0.25, -0.2) is 5.84 Å². The Kier molecular flexibility index (Phi) is 5.76. The van der Waals surface area contributed by atoms with Gasteiger partial charge >= 0.3 is 0 Å². The molecular formula is C17H27N3O. The molecule has 0 aromatic heterocycles. The molecule has 116 valence electrons. The van der Waals surface area contributed by atoms with Crippen molar-refractivity contribution in [1.29, 1.82) is 0 Å². The van der Waals surface area contributed by atoms with E-state index in [2.05, 4.69) is 30.4 Å². The molecule has 1 amide bonds. The number of amides is 1. The van der Waals surface area contributed by atoms with Crippen molar-refractivity contribution in [1.82, 2.24) is 10.3 Å². The maximum atomic E-state index is 11.6. The first kappa shape index (κ1) is 16.0. The highest BCUT2D eigenvalue weighted by atomic mass is 16.2. The predicted octanol–water partition coefficient (Wildman–Crippen LogP) is 2.69. The quantitative estimate of drug-likeness (QED) is 0.498. The molecule has 0 spiro atoms. The average Bonchev–Trinajstić information content (AvgIpc) is 2.54. The lowest BCUT2D eigenvalue weighted by molar-refractivity contribution is 0.0953. The molecular weight excluding hydrogens is 262 g/mol. The molecule has 0 unspecified atom stereocenters. The van der Waals surface area contributed by atoms with Gasteiger partial charge in [-0.2, -0.15) is 0 Å². The van der Waals surface area contributed by atoms with Crippen LogP contribution in [0.25, 0.3) is 0 Å².